The summed E-state index contributed by atoms with van der Waals surface area (Å²) >= 11 is 0. The van der Waals surface area contributed by atoms with Crippen LogP contribution in [0.2, 0.25) is 0 Å². The highest BCUT2D eigenvalue weighted by molar-refractivity contribution is 6.47. The first-order valence-corrected chi connectivity index (χ1v) is 14.6. The molecule has 1 amide bonds. The molecule has 4 N–H and O–H groups in total. The molecule has 12 heteroatoms. The molecule has 6 atom stereocenters. The van der Waals surface area contributed by atoms with Gasteiger partial charge in [0.05, 0.1) is 17.6 Å². The third-order valence-corrected chi connectivity index (χ3v) is 9.20. The predicted octanol–water partition coefficient (Wildman–Crippen LogP) is 3.43. The summed E-state index contributed by atoms with van der Waals surface area (Å²) in [6.07, 6.45) is 6.02. The normalized spacial score (nSPS) is 28.8. The minimum Gasteiger partial charge on any atom is -0.404 e. The van der Waals surface area contributed by atoms with Crippen LogP contribution in [0.3, 0.4) is 0 Å². The van der Waals surface area contributed by atoms with E-state index in [1.165, 1.54) is 0 Å². The number of carbonyl (C=O) groups excluding carboxylic acids is 2. The molecular formula is C27H48BN5O6. The molecule has 39 heavy (non-hydrogen) atoms. The van der Waals surface area contributed by atoms with Crippen LogP contribution in [0.1, 0.15) is 99.3 Å². The number of guanidine groups is 1. The highest BCUT2D eigenvalue weighted by atomic mass is 16.7. The molecule has 4 rings (SSSR count). The van der Waals surface area contributed by atoms with Gasteiger partial charge in [-0.2, -0.15) is 0 Å². The SMILES string of the molecule is CCCCC(=O)C[C@@H](CCCN=C(N)N[N+](=O)[O-])C(=O)N[C@@H](CC(C)C)B1O[C@@H]2C[C@H]3C[C@H](C3(C)C)[C@]2(C)O1. The summed E-state index contributed by atoms with van der Waals surface area (Å²) in [6, 6.07) is 0. The zero-order valence-corrected chi connectivity index (χ0v) is 24.5. The molecule has 0 aromatic rings. The maximum atomic E-state index is 13.6. The maximum Gasteiger partial charge on any atom is 0.481 e. The molecule has 0 unspecified atom stereocenters. The van der Waals surface area contributed by atoms with Crippen molar-refractivity contribution in [3.8, 4) is 0 Å². The third kappa shape index (κ3) is 7.51. The van der Waals surface area contributed by atoms with Crippen LogP contribution >= 0.6 is 0 Å². The summed E-state index contributed by atoms with van der Waals surface area (Å²) in [7, 11) is -0.532. The van der Waals surface area contributed by atoms with Gasteiger partial charge in [0.2, 0.25) is 5.91 Å². The molecule has 3 saturated carbocycles. The summed E-state index contributed by atoms with van der Waals surface area (Å²) in [5.74, 6) is 0.0869. The van der Waals surface area contributed by atoms with Gasteiger partial charge in [-0.3, -0.25) is 9.59 Å². The molecule has 4 fully saturated rings. The van der Waals surface area contributed by atoms with Crippen molar-refractivity contribution in [2.75, 3.05) is 6.54 Å². The van der Waals surface area contributed by atoms with E-state index >= 15 is 0 Å². The van der Waals surface area contributed by atoms with Crippen molar-refractivity contribution in [1.29, 1.82) is 0 Å². The number of aliphatic imine (C=N–C) groups is 1. The molecule has 11 nitrogen and oxygen atoms in total. The van der Waals surface area contributed by atoms with E-state index < -0.39 is 18.1 Å². The van der Waals surface area contributed by atoms with Crippen molar-refractivity contribution < 1.29 is 23.9 Å². The van der Waals surface area contributed by atoms with Gasteiger partial charge in [0.1, 0.15) is 5.78 Å². The molecule has 2 bridgehead atoms. The lowest BCUT2D eigenvalue weighted by Gasteiger charge is -2.64. The second kappa shape index (κ2) is 13.0. The molecule has 0 aromatic carbocycles. The molecule has 220 valence electrons. The van der Waals surface area contributed by atoms with Gasteiger partial charge in [-0.1, -0.05) is 46.5 Å². The summed E-state index contributed by atoms with van der Waals surface area (Å²) in [4.78, 5) is 40.7. The zero-order chi connectivity index (χ0) is 29.0. The first-order chi connectivity index (χ1) is 18.3. The Morgan fingerprint density at radius 1 is 1.23 bits per heavy atom. The number of hydrogen-bond acceptors (Lipinski definition) is 7. The second-order valence-corrected chi connectivity index (χ2v) is 12.9. The Labute approximate surface area is 233 Å². The van der Waals surface area contributed by atoms with Crippen LogP contribution in [-0.4, -0.2) is 54.0 Å². The Morgan fingerprint density at radius 2 is 1.95 bits per heavy atom. The fraction of sp³-hybridized carbons (Fsp3) is 0.889. The fourth-order valence-electron chi connectivity index (χ4n) is 6.86. The van der Waals surface area contributed by atoms with Gasteiger partial charge < -0.3 is 20.4 Å². The topological polar surface area (TPSA) is 158 Å². The molecule has 3 aliphatic carbocycles. The fourth-order valence-corrected chi connectivity index (χ4v) is 6.86. The number of hydrogen-bond donors (Lipinski definition) is 3. The van der Waals surface area contributed by atoms with E-state index in [-0.39, 0.29) is 53.7 Å². The van der Waals surface area contributed by atoms with Crippen molar-refractivity contribution >= 4 is 24.8 Å². The van der Waals surface area contributed by atoms with Gasteiger partial charge in [0.25, 0.3) is 5.96 Å². The van der Waals surface area contributed by atoms with Crippen LogP contribution in [0.4, 0.5) is 0 Å². The Morgan fingerprint density at radius 3 is 2.56 bits per heavy atom. The number of unbranched alkanes of at least 4 members (excludes halogenated alkanes) is 1. The van der Waals surface area contributed by atoms with Crippen molar-refractivity contribution in [3.63, 3.8) is 0 Å². The highest BCUT2D eigenvalue weighted by Crippen LogP contribution is 2.65. The van der Waals surface area contributed by atoms with E-state index in [1.54, 1.807) is 0 Å². The van der Waals surface area contributed by atoms with E-state index in [9.17, 15) is 19.7 Å². The maximum absolute atomic E-state index is 13.6. The monoisotopic (exact) mass is 549 g/mol. The lowest BCUT2D eigenvalue weighted by molar-refractivity contribution is -0.525. The predicted molar refractivity (Wildman–Crippen MR) is 150 cm³/mol. The number of hydrazine groups is 1. The Bertz CT molecular complexity index is 930. The first kappa shape index (κ1) is 31.3. The highest BCUT2D eigenvalue weighted by Gasteiger charge is 2.68. The first-order valence-electron chi connectivity index (χ1n) is 14.6. The number of rotatable bonds is 15. The van der Waals surface area contributed by atoms with Crippen molar-refractivity contribution in [1.82, 2.24) is 10.7 Å². The summed E-state index contributed by atoms with van der Waals surface area (Å²) in [5, 5.41) is 12.9. The van der Waals surface area contributed by atoms with Crippen molar-refractivity contribution in [2.45, 2.75) is 117 Å². The lowest BCUT2D eigenvalue weighted by atomic mass is 9.43. The van der Waals surface area contributed by atoms with Gasteiger partial charge in [0.15, 0.2) is 5.03 Å². The molecule has 0 spiro atoms. The van der Waals surface area contributed by atoms with Crippen LogP contribution in [0.5, 0.6) is 0 Å². The number of amides is 1. The van der Waals surface area contributed by atoms with Gasteiger partial charge in [0, 0.05) is 25.3 Å². The molecule has 0 aromatic heterocycles. The number of Topliss-reactive ketones (excluding diaryl/α,β-unsaturated/α-hetero) is 1. The lowest BCUT2D eigenvalue weighted by Crippen LogP contribution is -2.65. The van der Waals surface area contributed by atoms with E-state index in [0.29, 0.717) is 43.4 Å². The van der Waals surface area contributed by atoms with Crippen LogP contribution in [0.25, 0.3) is 0 Å². The molecule has 1 saturated heterocycles. The summed E-state index contributed by atoms with van der Waals surface area (Å²) in [6.45, 7) is 13.3. The van der Waals surface area contributed by atoms with E-state index in [4.69, 9.17) is 15.0 Å². The van der Waals surface area contributed by atoms with Crippen LogP contribution in [0, 0.1) is 39.2 Å². The third-order valence-electron chi connectivity index (χ3n) is 9.20. The zero-order valence-electron chi connectivity index (χ0n) is 24.5. The molecule has 4 aliphatic rings. The second-order valence-electron chi connectivity index (χ2n) is 12.9. The van der Waals surface area contributed by atoms with Crippen molar-refractivity contribution in [3.05, 3.63) is 10.1 Å². The molecule has 1 aliphatic heterocycles. The van der Waals surface area contributed by atoms with Crippen LogP contribution in [-0.2, 0) is 18.9 Å². The number of carbonyl (C=O) groups is 2. The standard InChI is InChI=1S/C27H48BN5O6/c1-7-8-11-20(34)14-18(10-9-12-30-25(29)32-33(36)37)24(35)31-23(13-17(2)3)28-38-22-16-19-15-21(26(19,4)5)27(22,6)39-28/h17-19,21-23H,7-16H2,1-6H3,(H,31,35)(H3,29,30,32)/t18-,19-,21-,22-,23+,27+/m1/s1. The summed E-state index contributed by atoms with van der Waals surface area (Å²) < 4.78 is 13.2. The van der Waals surface area contributed by atoms with E-state index in [1.807, 2.05) is 12.3 Å². The Kier molecular flexibility index (Phi) is 10.4. The number of nitro groups is 1. The minimum atomic E-state index is -0.773. The molecule has 0 radical (unpaired) electrons. The molecule has 1 heterocycles. The van der Waals surface area contributed by atoms with E-state index in [2.05, 4.69) is 44.9 Å². The number of nitrogens with two attached hydrogens (primary N) is 1. The minimum absolute atomic E-state index is 0.0216. The Balaban J connectivity index is 1.68. The number of nitrogens with one attached hydrogen (secondary N) is 2. The molecular weight excluding hydrogens is 501 g/mol. The van der Waals surface area contributed by atoms with Crippen molar-refractivity contribution in [2.24, 2.45) is 39.8 Å². The van der Waals surface area contributed by atoms with Gasteiger partial charge in [-0.15, -0.1) is 0 Å². The average molecular weight is 550 g/mol. The van der Waals surface area contributed by atoms with Gasteiger partial charge in [-0.05, 0) is 68.6 Å². The Hall–Kier alpha value is -2.21. The largest absolute Gasteiger partial charge is 0.481 e. The quantitative estimate of drug-likeness (QED) is 0.0700. The number of ketones is 1. The smallest absolute Gasteiger partial charge is 0.404 e. The number of nitrogens with zero attached hydrogens (tertiary/aromatic N) is 2. The summed E-state index contributed by atoms with van der Waals surface area (Å²) in [5.41, 5.74) is 7.16. The van der Waals surface area contributed by atoms with Crippen LogP contribution in [0.15, 0.2) is 4.99 Å². The van der Waals surface area contributed by atoms with Gasteiger partial charge in [-0.25, -0.2) is 15.1 Å². The van der Waals surface area contributed by atoms with Crippen LogP contribution < -0.4 is 16.5 Å². The van der Waals surface area contributed by atoms with E-state index in [0.717, 1.165) is 25.7 Å². The van der Waals surface area contributed by atoms with Gasteiger partial charge >= 0.3 is 7.12 Å². The average Bonchev–Trinajstić information content (AvgIpc) is 3.20.